The summed E-state index contributed by atoms with van der Waals surface area (Å²) in [6.07, 6.45) is 7.02. The minimum Gasteiger partial charge on any atom is -0.493 e. The van der Waals surface area contributed by atoms with E-state index in [-0.39, 0.29) is 12.4 Å². The molecule has 178 valence electrons. The molecule has 4 rings (SSSR count). The average molecular weight is 492 g/mol. The van der Waals surface area contributed by atoms with E-state index in [1.165, 1.54) is 18.5 Å². The Hall–Kier alpha value is -4.10. The normalized spacial score (nSPS) is 10.9. The first-order chi connectivity index (χ1) is 17.1. The van der Waals surface area contributed by atoms with Crippen LogP contribution in [-0.2, 0) is 6.61 Å². The Morgan fingerprint density at radius 1 is 0.943 bits per heavy atom. The fourth-order valence-corrected chi connectivity index (χ4v) is 3.56. The SMILES string of the molecule is COc1ccc(C=Cc2cncnc2Nc2ccc(OCc3cccc(F)c3)c(Cl)c2)cc1OC. The largest absolute Gasteiger partial charge is 0.493 e. The number of hydrogen-bond donors (Lipinski definition) is 1. The van der Waals surface area contributed by atoms with Crippen molar-refractivity contribution < 1.29 is 18.6 Å². The van der Waals surface area contributed by atoms with Crippen LogP contribution in [-0.4, -0.2) is 24.2 Å². The summed E-state index contributed by atoms with van der Waals surface area (Å²) >= 11 is 6.42. The second kappa shape index (κ2) is 11.4. The Kier molecular flexibility index (Phi) is 7.80. The quantitative estimate of drug-likeness (QED) is 0.278. The van der Waals surface area contributed by atoms with E-state index in [1.807, 2.05) is 36.4 Å². The van der Waals surface area contributed by atoms with Crippen molar-refractivity contribution in [1.29, 1.82) is 0 Å². The molecule has 0 spiro atoms. The number of nitrogens with zero attached hydrogens (tertiary/aromatic N) is 2. The fourth-order valence-electron chi connectivity index (χ4n) is 3.33. The molecule has 0 atom stereocenters. The highest BCUT2D eigenvalue weighted by Crippen LogP contribution is 2.31. The highest BCUT2D eigenvalue weighted by Gasteiger charge is 2.08. The maximum absolute atomic E-state index is 13.4. The second-order valence-corrected chi connectivity index (χ2v) is 7.87. The number of rotatable bonds is 9. The number of nitrogens with one attached hydrogen (secondary N) is 1. The molecular weight excluding hydrogens is 469 g/mol. The third-order valence-corrected chi connectivity index (χ3v) is 5.38. The lowest BCUT2D eigenvalue weighted by atomic mass is 10.1. The van der Waals surface area contributed by atoms with Crippen LogP contribution in [0.4, 0.5) is 15.9 Å². The Bertz CT molecular complexity index is 1350. The van der Waals surface area contributed by atoms with Gasteiger partial charge in [0.1, 0.15) is 30.3 Å². The number of hydrogen-bond acceptors (Lipinski definition) is 6. The number of aromatic nitrogens is 2. The van der Waals surface area contributed by atoms with Gasteiger partial charge in [-0.2, -0.15) is 0 Å². The van der Waals surface area contributed by atoms with Gasteiger partial charge >= 0.3 is 0 Å². The first kappa shape index (κ1) is 24.0. The summed E-state index contributed by atoms with van der Waals surface area (Å²) in [5, 5.41) is 3.68. The van der Waals surface area contributed by atoms with Crippen molar-refractivity contribution in [1.82, 2.24) is 9.97 Å². The molecule has 35 heavy (non-hydrogen) atoms. The van der Waals surface area contributed by atoms with E-state index in [0.717, 1.165) is 22.4 Å². The van der Waals surface area contributed by atoms with Gasteiger partial charge < -0.3 is 19.5 Å². The number of ether oxygens (including phenoxy) is 3. The van der Waals surface area contributed by atoms with Crippen LogP contribution in [0.25, 0.3) is 12.2 Å². The first-order valence-corrected chi connectivity index (χ1v) is 11.1. The Labute approximate surface area is 208 Å². The van der Waals surface area contributed by atoms with E-state index in [0.29, 0.717) is 28.1 Å². The van der Waals surface area contributed by atoms with Crippen molar-refractivity contribution >= 4 is 35.3 Å². The summed E-state index contributed by atoms with van der Waals surface area (Å²) in [7, 11) is 3.20. The van der Waals surface area contributed by atoms with Crippen LogP contribution in [0, 0.1) is 5.82 Å². The number of halogens is 2. The molecule has 6 nitrogen and oxygen atoms in total. The molecule has 1 N–H and O–H groups in total. The van der Waals surface area contributed by atoms with Crippen LogP contribution in [0.3, 0.4) is 0 Å². The van der Waals surface area contributed by atoms with E-state index in [1.54, 1.807) is 44.7 Å². The Morgan fingerprint density at radius 3 is 2.54 bits per heavy atom. The molecule has 0 aliphatic rings. The molecule has 1 aromatic heterocycles. The van der Waals surface area contributed by atoms with Crippen LogP contribution in [0.1, 0.15) is 16.7 Å². The molecule has 0 saturated carbocycles. The van der Waals surface area contributed by atoms with Crippen molar-refractivity contribution in [2.45, 2.75) is 6.61 Å². The van der Waals surface area contributed by atoms with Crippen molar-refractivity contribution in [2.75, 3.05) is 19.5 Å². The number of methoxy groups -OCH3 is 2. The van der Waals surface area contributed by atoms with Gasteiger partial charge in [0.15, 0.2) is 11.5 Å². The fraction of sp³-hybridized carbons (Fsp3) is 0.111. The van der Waals surface area contributed by atoms with Crippen LogP contribution < -0.4 is 19.5 Å². The molecule has 0 radical (unpaired) electrons. The van der Waals surface area contributed by atoms with E-state index >= 15 is 0 Å². The van der Waals surface area contributed by atoms with Crippen molar-refractivity contribution in [3.8, 4) is 17.2 Å². The van der Waals surface area contributed by atoms with Gasteiger partial charge in [-0.15, -0.1) is 0 Å². The molecule has 0 bridgehead atoms. The number of benzene rings is 3. The summed E-state index contributed by atoms with van der Waals surface area (Å²) in [6, 6.07) is 17.2. The zero-order valence-corrected chi connectivity index (χ0v) is 19.9. The third-order valence-electron chi connectivity index (χ3n) is 5.08. The van der Waals surface area contributed by atoms with E-state index in [9.17, 15) is 4.39 Å². The van der Waals surface area contributed by atoms with Gasteiger partial charge in [-0.1, -0.05) is 35.9 Å². The van der Waals surface area contributed by atoms with Crippen molar-refractivity contribution in [2.24, 2.45) is 0 Å². The van der Waals surface area contributed by atoms with Crippen LogP contribution in [0.5, 0.6) is 17.2 Å². The Morgan fingerprint density at radius 2 is 1.77 bits per heavy atom. The summed E-state index contributed by atoms with van der Waals surface area (Å²) in [5.41, 5.74) is 3.16. The van der Waals surface area contributed by atoms with E-state index in [4.69, 9.17) is 25.8 Å². The summed E-state index contributed by atoms with van der Waals surface area (Å²) in [4.78, 5) is 8.49. The van der Waals surface area contributed by atoms with Gasteiger partial charge in [0.05, 0.1) is 19.2 Å². The standard InChI is InChI=1S/C27H23ClFN3O3/c1-33-25-10-7-18(13-26(25)34-2)6-8-20-15-30-17-31-27(20)32-22-9-11-24(23(28)14-22)35-16-19-4-3-5-21(29)12-19/h3-15,17H,16H2,1-2H3,(H,30,31,32). The minimum absolute atomic E-state index is 0.210. The maximum Gasteiger partial charge on any atom is 0.161 e. The molecule has 0 aliphatic carbocycles. The average Bonchev–Trinajstić information content (AvgIpc) is 2.87. The van der Waals surface area contributed by atoms with Gasteiger partial charge in [0, 0.05) is 17.4 Å². The lowest BCUT2D eigenvalue weighted by Gasteiger charge is -2.12. The predicted octanol–water partition coefficient (Wildman–Crippen LogP) is 6.78. The molecule has 1 heterocycles. The summed E-state index contributed by atoms with van der Waals surface area (Å²) < 4.78 is 29.8. The minimum atomic E-state index is -0.308. The lowest BCUT2D eigenvalue weighted by Crippen LogP contribution is -1.99. The molecule has 0 unspecified atom stereocenters. The van der Waals surface area contributed by atoms with E-state index in [2.05, 4.69) is 15.3 Å². The molecule has 8 heteroatoms. The lowest BCUT2D eigenvalue weighted by molar-refractivity contribution is 0.306. The topological polar surface area (TPSA) is 65.5 Å². The van der Waals surface area contributed by atoms with Gasteiger partial charge in [0.25, 0.3) is 0 Å². The maximum atomic E-state index is 13.4. The van der Waals surface area contributed by atoms with Crippen molar-refractivity contribution in [3.05, 3.63) is 101 Å². The predicted molar refractivity (Wildman–Crippen MR) is 136 cm³/mol. The summed E-state index contributed by atoms with van der Waals surface area (Å²) in [5.74, 6) is 2.11. The first-order valence-electron chi connectivity index (χ1n) is 10.7. The van der Waals surface area contributed by atoms with Crippen LogP contribution >= 0.6 is 11.6 Å². The molecule has 4 aromatic rings. The molecule has 0 saturated heterocycles. The van der Waals surface area contributed by atoms with Gasteiger partial charge in [-0.25, -0.2) is 14.4 Å². The Balaban J connectivity index is 1.47. The summed E-state index contributed by atoms with van der Waals surface area (Å²) in [6.45, 7) is 0.210. The van der Waals surface area contributed by atoms with Crippen LogP contribution in [0.15, 0.2) is 73.2 Å². The molecule has 3 aromatic carbocycles. The molecule has 0 aliphatic heterocycles. The van der Waals surface area contributed by atoms with Gasteiger partial charge in [-0.05, 0) is 59.7 Å². The monoisotopic (exact) mass is 491 g/mol. The zero-order valence-electron chi connectivity index (χ0n) is 19.2. The highest BCUT2D eigenvalue weighted by molar-refractivity contribution is 6.32. The second-order valence-electron chi connectivity index (χ2n) is 7.46. The molecule has 0 fully saturated rings. The molecular formula is C27H23ClFN3O3. The number of anilines is 2. The molecule has 0 amide bonds. The van der Waals surface area contributed by atoms with Crippen LogP contribution in [0.2, 0.25) is 5.02 Å². The van der Waals surface area contributed by atoms with Crippen molar-refractivity contribution in [3.63, 3.8) is 0 Å². The third kappa shape index (κ3) is 6.28. The zero-order chi connectivity index (χ0) is 24.6. The highest BCUT2D eigenvalue weighted by atomic mass is 35.5. The smallest absolute Gasteiger partial charge is 0.161 e. The van der Waals surface area contributed by atoms with E-state index < -0.39 is 0 Å². The van der Waals surface area contributed by atoms with Gasteiger partial charge in [-0.3, -0.25) is 0 Å². The van der Waals surface area contributed by atoms with Gasteiger partial charge in [0.2, 0.25) is 0 Å².